The third-order valence-corrected chi connectivity index (χ3v) is 3.41. The van der Waals surface area contributed by atoms with Gasteiger partial charge in [0.15, 0.2) is 0 Å². The molecule has 0 saturated heterocycles. The van der Waals surface area contributed by atoms with Crippen LogP contribution in [0, 0.1) is 0 Å². The van der Waals surface area contributed by atoms with Crippen molar-refractivity contribution in [2.45, 2.75) is 43.6 Å². The Kier molecular flexibility index (Phi) is 6.01. The molecule has 0 amide bonds. The highest BCUT2D eigenvalue weighted by Crippen LogP contribution is 2.57. The second-order valence-corrected chi connectivity index (χ2v) is 5.57. The summed E-state index contributed by atoms with van der Waals surface area (Å²) in [4.78, 5) is 0. The molecule has 0 N–H and O–H groups in total. The highest BCUT2D eigenvalue weighted by molar-refractivity contribution is 6.12. The van der Waals surface area contributed by atoms with E-state index in [4.69, 9.17) is 7.85 Å². The summed E-state index contributed by atoms with van der Waals surface area (Å²) in [6.07, 6.45) is -33.6. The maximum absolute atomic E-state index is 13.2. The smallest absolute Gasteiger partial charge is 0.166 e. The van der Waals surface area contributed by atoms with Crippen LogP contribution in [0.3, 0.4) is 0 Å². The minimum atomic E-state index is -6.90. The lowest BCUT2D eigenvalue weighted by atomic mass is 9.73. The van der Waals surface area contributed by atoms with Crippen LogP contribution in [0.2, 0.25) is 0 Å². The zero-order valence-corrected chi connectivity index (χ0v) is 13.3. The van der Waals surface area contributed by atoms with Crippen LogP contribution in [0.15, 0.2) is 0 Å². The summed E-state index contributed by atoms with van der Waals surface area (Å²) >= 11 is 0. The fourth-order valence-electron chi connectivity index (χ4n) is 2.66. The average molecular weight is 456 g/mol. The largest absolute Gasteiger partial charge is 0.417 e. The van der Waals surface area contributed by atoms with Gasteiger partial charge in [-0.3, -0.25) is 0 Å². The Labute approximate surface area is 152 Å². The van der Waals surface area contributed by atoms with Crippen molar-refractivity contribution in [3.63, 3.8) is 0 Å². The van der Waals surface area contributed by atoms with Crippen LogP contribution in [0.25, 0.3) is 0 Å². The lowest BCUT2D eigenvalue weighted by molar-refractivity contribution is -0.189. The van der Waals surface area contributed by atoms with E-state index in [1.807, 2.05) is 0 Å². The summed E-state index contributed by atoms with van der Waals surface area (Å²) in [5, 5.41) is 0. The molecule has 0 saturated carbocycles. The second kappa shape index (κ2) is 6.89. The third kappa shape index (κ3) is 4.87. The van der Waals surface area contributed by atoms with Crippen molar-refractivity contribution in [1.29, 1.82) is 0 Å². The zero-order valence-electron chi connectivity index (χ0n) is 13.3. The minimum Gasteiger partial charge on any atom is -0.166 e. The summed E-state index contributed by atoms with van der Waals surface area (Å²) in [5.41, 5.74) is -22.0. The molecule has 2 radical (unpaired) electrons. The molecule has 0 heterocycles. The van der Waals surface area contributed by atoms with E-state index in [2.05, 4.69) is 0 Å². The molecule has 16 heteroatoms. The van der Waals surface area contributed by atoms with Crippen LogP contribution >= 0.6 is 0 Å². The van der Waals surface area contributed by atoms with E-state index in [0.717, 1.165) is 0 Å². The van der Waals surface area contributed by atoms with Gasteiger partial charge in [-0.25, -0.2) is 0 Å². The van der Waals surface area contributed by atoms with Gasteiger partial charge in [-0.1, -0.05) is 12.7 Å². The van der Waals surface area contributed by atoms with Crippen molar-refractivity contribution < 1.29 is 65.9 Å². The van der Waals surface area contributed by atoms with Crippen LogP contribution in [-0.4, -0.2) is 7.85 Å². The Morgan fingerprint density at radius 3 is 0.759 bits per heavy atom. The first-order chi connectivity index (χ1) is 12.4. The Hall–Kier alpha value is -1.77. The average Bonchev–Trinajstić information content (AvgIpc) is 2.38. The lowest BCUT2D eigenvalue weighted by Crippen LogP contribution is -2.33. The Bertz CT molecular complexity index is 717. The molecular formula is C13H4BF15. The molecule has 0 fully saturated rings. The van der Waals surface area contributed by atoms with Gasteiger partial charge < -0.3 is 0 Å². The molecule has 164 valence electrons. The van der Waals surface area contributed by atoms with Gasteiger partial charge in [0.05, 0.1) is 35.7 Å². The van der Waals surface area contributed by atoms with Gasteiger partial charge in [0.25, 0.3) is 0 Å². The van der Waals surface area contributed by atoms with Gasteiger partial charge in [0, 0.05) is 0 Å². The quantitative estimate of drug-likeness (QED) is 0.315. The van der Waals surface area contributed by atoms with Gasteiger partial charge in [-0.05, 0) is 5.56 Å². The van der Waals surface area contributed by atoms with E-state index in [1.54, 1.807) is 0 Å². The van der Waals surface area contributed by atoms with Gasteiger partial charge in [0.2, 0.25) is 0 Å². The number of hydrogen-bond acceptors (Lipinski definition) is 0. The molecule has 29 heavy (non-hydrogen) atoms. The van der Waals surface area contributed by atoms with Crippen LogP contribution in [-0.2, 0) is 30.9 Å². The van der Waals surface area contributed by atoms with Crippen LogP contribution in [0.1, 0.15) is 46.1 Å². The summed E-state index contributed by atoms with van der Waals surface area (Å²) in [5.74, 6) is -2.81. The lowest BCUT2D eigenvalue weighted by Gasteiger charge is -2.31. The Balaban J connectivity index is 4.76. The van der Waals surface area contributed by atoms with Crippen molar-refractivity contribution in [2.75, 3.05) is 0 Å². The molecule has 1 aromatic carbocycles. The van der Waals surface area contributed by atoms with E-state index < -0.39 is 70.1 Å². The predicted molar refractivity (Wildman–Crippen MR) is 65.6 cm³/mol. The standard InChI is InChI=1S/C13H4BF15/c1-2(14)3-4(9(15,16)17)6(11(21,22)23)8(13(27,28)29)7(12(24,25)26)5(3)10(18,19)20/h2H,1H3. The minimum absolute atomic E-state index is 0.160. The van der Waals surface area contributed by atoms with Crippen LogP contribution in [0.4, 0.5) is 65.9 Å². The van der Waals surface area contributed by atoms with Crippen molar-refractivity contribution in [3.05, 3.63) is 33.4 Å². The van der Waals surface area contributed by atoms with Gasteiger partial charge in [-0.2, -0.15) is 65.9 Å². The maximum atomic E-state index is 13.2. The number of hydrogen-bond donors (Lipinski definition) is 0. The third-order valence-electron chi connectivity index (χ3n) is 3.41. The maximum Gasteiger partial charge on any atom is 0.417 e. The number of halogens is 15. The van der Waals surface area contributed by atoms with Crippen LogP contribution < -0.4 is 0 Å². The molecule has 0 aliphatic rings. The molecule has 0 spiro atoms. The normalized spacial score (nSPS) is 15.6. The molecule has 1 unspecified atom stereocenters. The topological polar surface area (TPSA) is 0 Å². The fourth-order valence-corrected chi connectivity index (χ4v) is 2.66. The summed E-state index contributed by atoms with van der Waals surface area (Å²) < 4.78 is 197. The van der Waals surface area contributed by atoms with Gasteiger partial charge >= 0.3 is 30.9 Å². The number of rotatable bonds is 1. The SMILES string of the molecule is [B]C(C)c1c(C(F)(F)F)c(C(F)(F)F)c(C(F)(F)F)c(C(F)(F)F)c1C(F)(F)F. The fraction of sp³-hybridized carbons (Fsp3) is 0.538. The molecule has 0 aromatic heterocycles. The summed E-state index contributed by atoms with van der Waals surface area (Å²) in [6, 6.07) is 0. The van der Waals surface area contributed by atoms with E-state index in [0.29, 0.717) is 0 Å². The number of alkyl halides is 15. The molecule has 1 rings (SSSR count). The first-order valence-electron chi connectivity index (χ1n) is 6.78. The van der Waals surface area contributed by atoms with Crippen LogP contribution in [0.5, 0.6) is 0 Å². The number of benzene rings is 1. The molecule has 0 aliphatic heterocycles. The van der Waals surface area contributed by atoms with Gasteiger partial charge in [0.1, 0.15) is 0 Å². The molecule has 0 aliphatic carbocycles. The molecule has 1 atom stereocenters. The van der Waals surface area contributed by atoms with E-state index >= 15 is 0 Å². The zero-order chi connectivity index (χ0) is 23.5. The summed E-state index contributed by atoms with van der Waals surface area (Å²) in [6.45, 7) is 0.160. The first-order valence-corrected chi connectivity index (χ1v) is 6.78. The Morgan fingerprint density at radius 2 is 0.621 bits per heavy atom. The monoisotopic (exact) mass is 456 g/mol. The summed E-state index contributed by atoms with van der Waals surface area (Å²) in [7, 11) is 4.78. The molecular weight excluding hydrogens is 452 g/mol. The second-order valence-electron chi connectivity index (χ2n) is 5.57. The van der Waals surface area contributed by atoms with E-state index in [-0.39, 0.29) is 6.92 Å². The molecule has 0 nitrogen and oxygen atoms in total. The van der Waals surface area contributed by atoms with E-state index in [9.17, 15) is 65.9 Å². The first kappa shape index (κ1) is 25.3. The van der Waals surface area contributed by atoms with Crippen molar-refractivity contribution in [2.24, 2.45) is 0 Å². The molecule has 1 aromatic rings. The molecule has 0 bridgehead atoms. The highest BCUT2D eigenvalue weighted by Gasteiger charge is 2.60. The van der Waals surface area contributed by atoms with Crippen molar-refractivity contribution >= 4 is 7.85 Å². The van der Waals surface area contributed by atoms with Crippen molar-refractivity contribution in [1.82, 2.24) is 0 Å². The highest BCUT2D eigenvalue weighted by atomic mass is 19.4. The van der Waals surface area contributed by atoms with Gasteiger partial charge in [-0.15, -0.1) is 0 Å². The van der Waals surface area contributed by atoms with Crippen molar-refractivity contribution in [3.8, 4) is 0 Å². The Morgan fingerprint density at radius 1 is 0.448 bits per heavy atom. The predicted octanol–water partition coefficient (Wildman–Crippen LogP) is 7.01. The van der Waals surface area contributed by atoms with E-state index in [1.165, 1.54) is 0 Å².